The van der Waals surface area contributed by atoms with Gasteiger partial charge in [-0.25, -0.2) is 4.98 Å². The molecule has 1 atom stereocenters. The van der Waals surface area contributed by atoms with Crippen molar-refractivity contribution in [2.45, 2.75) is 30.9 Å². The number of rotatable bonds is 2. The van der Waals surface area contributed by atoms with Crippen LogP contribution in [0.3, 0.4) is 0 Å². The van der Waals surface area contributed by atoms with E-state index < -0.39 is 0 Å². The van der Waals surface area contributed by atoms with Gasteiger partial charge in [-0.3, -0.25) is 4.79 Å². The van der Waals surface area contributed by atoms with Crippen molar-refractivity contribution < 1.29 is 9.53 Å². The topological polar surface area (TPSA) is 79.0 Å². The van der Waals surface area contributed by atoms with Crippen molar-refractivity contribution in [1.82, 2.24) is 20.6 Å². The number of carbonyl (C=O) groups is 1. The quantitative estimate of drug-likeness (QED) is 0.693. The average molecular weight is 250 g/mol. The van der Waals surface area contributed by atoms with Gasteiger partial charge in [0, 0.05) is 12.4 Å². The van der Waals surface area contributed by atoms with Gasteiger partial charge in [0.05, 0.1) is 18.2 Å². The van der Waals surface area contributed by atoms with Crippen LogP contribution in [0.5, 0.6) is 0 Å². The molecule has 6 heteroatoms. The van der Waals surface area contributed by atoms with Crippen molar-refractivity contribution >= 4 is 5.91 Å². The van der Waals surface area contributed by atoms with E-state index in [1.165, 1.54) is 0 Å². The van der Waals surface area contributed by atoms with Crippen molar-refractivity contribution in [2.24, 2.45) is 0 Å². The third-order valence-corrected chi connectivity index (χ3v) is 3.77. The fourth-order valence-corrected chi connectivity index (χ4v) is 2.81. The number of ether oxygens (including phenoxy) is 1. The summed E-state index contributed by atoms with van der Waals surface area (Å²) < 4.78 is 5.93. The average Bonchev–Trinajstić information content (AvgIpc) is 3.01. The van der Waals surface area contributed by atoms with E-state index in [0.29, 0.717) is 12.4 Å². The summed E-state index contributed by atoms with van der Waals surface area (Å²) in [6, 6.07) is 0.0979. The monoisotopic (exact) mass is 250 g/mol. The van der Waals surface area contributed by atoms with Gasteiger partial charge in [0.1, 0.15) is 0 Å². The molecular formula is C12H18N4O2. The maximum atomic E-state index is 11.9. The lowest BCUT2D eigenvalue weighted by Crippen LogP contribution is -2.43. The van der Waals surface area contributed by atoms with Gasteiger partial charge in [-0.15, -0.1) is 0 Å². The maximum Gasteiger partial charge on any atom is 0.287 e. The maximum absolute atomic E-state index is 11.9. The number of piperidine rings is 1. The third-order valence-electron chi connectivity index (χ3n) is 3.77. The van der Waals surface area contributed by atoms with Crippen molar-refractivity contribution in [3.63, 3.8) is 0 Å². The minimum Gasteiger partial charge on any atom is -0.373 e. The van der Waals surface area contributed by atoms with E-state index in [1.54, 1.807) is 12.4 Å². The number of hydrogen-bond acceptors (Lipinski definition) is 4. The van der Waals surface area contributed by atoms with Crippen molar-refractivity contribution in [1.29, 1.82) is 0 Å². The van der Waals surface area contributed by atoms with E-state index in [9.17, 15) is 4.79 Å². The number of nitrogens with one attached hydrogen (secondary N) is 3. The van der Waals surface area contributed by atoms with E-state index >= 15 is 0 Å². The molecule has 0 radical (unpaired) electrons. The molecule has 3 N–H and O–H groups in total. The number of H-pyrrole nitrogens is 1. The highest BCUT2D eigenvalue weighted by Crippen LogP contribution is 2.33. The van der Waals surface area contributed by atoms with Crippen LogP contribution >= 0.6 is 0 Å². The standard InChI is InChI=1S/C12H18N4O2/c17-11(10-14-5-6-15-10)16-9-7-12(18-8-9)1-3-13-4-2-12/h5-6,9,13H,1-4,7-8H2,(H,14,15)(H,16,17). The van der Waals surface area contributed by atoms with Gasteiger partial charge in [-0.2, -0.15) is 0 Å². The first-order valence-electron chi connectivity index (χ1n) is 6.42. The lowest BCUT2D eigenvalue weighted by molar-refractivity contribution is -0.0194. The molecule has 2 fully saturated rings. The fraction of sp³-hybridized carbons (Fsp3) is 0.667. The molecular weight excluding hydrogens is 232 g/mol. The Morgan fingerprint density at radius 1 is 1.50 bits per heavy atom. The van der Waals surface area contributed by atoms with E-state index in [4.69, 9.17) is 4.74 Å². The smallest absolute Gasteiger partial charge is 0.287 e. The summed E-state index contributed by atoms with van der Waals surface area (Å²) >= 11 is 0. The Labute approximate surface area is 106 Å². The molecule has 1 aromatic heterocycles. The van der Waals surface area contributed by atoms with Gasteiger partial charge in [-0.05, 0) is 32.4 Å². The minimum absolute atomic E-state index is 0.0215. The fourth-order valence-electron chi connectivity index (χ4n) is 2.81. The minimum atomic E-state index is -0.153. The molecule has 18 heavy (non-hydrogen) atoms. The number of aromatic nitrogens is 2. The second kappa shape index (κ2) is 4.70. The van der Waals surface area contributed by atoms with Gasteiger partial charge in [0.15, 0.2) is 5.82 Å². The van der Waals surface area contributed by atoms with Gasteiger partial charge in [-0.1, -0.05) is 0 Å². The Morgan fingerprint density at radius 3 is 3.06 bits per heavy atom. The molecule has 2 aliphatic rings. The lowest BCUT2D eigenvalue weighted by atomic mass is 9.88. The first kappa shape index (κ1) is 11.7. The van der Waals surface area contributed by atoms with Crippen LogP contribution in [0, 0.1) is 0 Å². The third kappa shape index (κ3) is 2.26. The Hall–Kier alpha value is -1.40. The summed E-state index contributed by atoms with van der Waals surface area (Å²) in [7, 11) is 0. The summed E-state index contributed by atoms with van der Waals surface area (Å²) in [4.78, 5) is 18.6. The number of nitrogens with zero attached hydrogens (tertiary/aromatic N) is 1. The number of amides is 1. The molecule has 1 aromatic rings. The van der Waals surface area contributed by atoms with Crippen molar-refractivity contribution in [2.75, 3.05) is 19.7 Å². The first-order chi connectivity index (χ1) is 8.77. The Kier molecular flexibility index (Phi) is 3.05. The highest BCUT2D eigenvalue weighted by atomic mass is 16.5. The van der Waals surface area contributed by atoms with Gasteiger partial charge in [0.25, 0.3) is 5.91 Å². The van der Waals surface area contributed by atoms with Crippen molar-refractivity contribution in [3.8, 4) is 0 Å². The molecule has 3 rings (SSSR count). The second-order valence-electron chi connectivity index (χ2n) is 5.06. The number of aromatic amines is 1. The molecule has 98 valence electrons. The van der Waals surface area contributed by atoms with Crippen LogP contribution in [0.15, 0.2) is 12.4 Å². The molecule has 3 heterocycles. The zero-order chi connectivity index (χ0) is 12.4. The van der Waals surface area contributed by atoms with Crippen LogP contribution in [0.25, 0.3) is 0 Å². The normalized spacial score (nSPS) is 26.3. The van der Waals surface area contributed by atoms with Gasteiger partial charge < -0.3 is 20.4 Å². The SMILES string of the molecule is O=C(NC1COC2(CCNCC2)C1)c1ncc[nH]1. The predicted molar refractivity (Wildman–Crippen MR) is 65.2 cm³/mol. The lowest BCUT2D eigenvalue weighted by Gasteiger charge is -2.32. The Morgan fingerprint density at radius 2 is 2.33 bits per heavy atom. The van der Waals surface area contributed by atoms with E-state index in [-0.39, 0.29) is 17.6 Å². The Bertz CT molecular complexity index is 412. The molecule has 0 aromatic carbocycles. The molecule has 2 aliphatic heterocycles. The summed E-state index contributed by atoms with van der Waals surface area (Å²) in [6.07, 6.45) is 6.18. The highest BCUT2D eigenvalue weighted by Gasteiger charge is 2.41. The van der Waals surface area contributed by atoms with Crippen LogP contribution in [-0.2, 0) is 4.74 Å². The Balaban J connectivity index is 1.57. The first-order valence-corrected chi connectivity index (χ1v) is 6.42. The highest BCUT2D eigenvalue weighted by molar-refractivity contribution is 5.90. The summed E-state index contributed by atoms with van der Waals surface area (Å²) in [6.45, 7) is 2.60. The molecule has 0 aliphatic carbocycles. The van der Waals surface area contributed by atoms with Crippen LogP contribution in [-0.4, -0.2) is 47.2 Å². The number of imidazole rings is 1. The number of hydrogen-bond donors (Lipinski definition) is 3. The predicted octanol–water partition coefficient (Wildman–Crippen LogP) is 0.0506. The zero-order valence-corrected chi connectivity index (χ0v) is 10.2. The molecule has 1 unspecified atom stereocenters. The van der Waals surface area contributed by atoms with Gasteiger partial charge >= 0.3 is 0 Å². The summed E-state index contributed by atoms with van der Waals surface area (Å²) in [5.41, 5.74) is -0.0215. The summed E-state index contributed by atoms with van der Waals surface area (Å²) in [5, 5.41) is 6.31. The van der Waals surface area contributed by atoms with Crippen molar-refractivity contribution in [3.05, 3.63) is 18.2 Å². The molecule has 0 bridgehead atoms. The van der Waals surface area contributed by atoms with Crippen LogP contribution < -0.4 is 10.6 Å². The van der Waals surface area contributed by atoms with E-state index in [0.717, 1.165) is 32.4 Å². The van der Waals surface area contributed by atoms with Gasteiger partial charge in [0.2, 0.25) is 0 Å². The molecule has 1 spiro atoms. The van der Waals surface area contributed by atoms with E-state index in [1.807, 2.05) is 0 Å². The van der Waals surface area contributed by atoms with E-state index in [2.05, 4.69) is 20.6 Å². The van der Waals surface area contributed by atoms with Crippen LogP contribution in [0.1, 0.15) is 29.9 Å². The molecule has 6 nitrogen and oxygen atoms in total. The molecule has 0 saturated carbocycles. The van der Waals surface area contributed by atoms with Crippen LogP contribution in [0.2, 0.25) is 0 Å². The molecule has 2 saturated heterocycles. The summed E-state index contributed by atoms with van der Waals surface area (Å²) in [5.74, 6) is 0.209. The largest absolute Gasteiger partial charge is 0.373 e. The molecule has 1 amide bonds. The zero-order valence-electron chi connectivity index (χ0n) is 10.2. The number of carbonyl (C=O) groups excluding carboxylic acids is 1. The van der Waals surface area contributed by atoms with Crippen LogP contribution in [0.4, 0.5) is 0 Å². The second-order valence-corrected chi connectivity index (χ2v) is 5.06.